The molecule has 4 rings (SSSR count). The first-order valence-electron chi connectivity index (χ1n) is 9.67. The van der Waals surface area contributed by atoms with Crippen molar-refractivity contribution in [1.82, 2.24) is 9.97 Å². The number of carboxylic acid groups (broad SMARTS) is 1. The average Bonchev–Trinajstić information content (AvgIpc) is 3.23. The number of carboxylic acids is 1. The third kappa shape index (κ3) is 3.88. The highest BCUT2D eigenvalue weighted by Gasteiger charge is 2.28. The maximum Gasteiger partial charge on any atom is 0.339 e. The summed E-state index contributed by atoms with van der Waals surface area (Å²) in [7, 11) is 0. The summed E-state index contributed by atoms with van der Waals surface area (Å²) in [4.78, 5) is 23.0. The maximum atomic E-state index is 11.7. The number of aromatic carboxylic acids is 1. The minimum Gasteiger partial charge on any atom is -0.478 e. The quantitative estimate of drug-likeness (QED) is 0.698. The molecule has 0 bridgehead atoms. The third-order valence-corrected chi connectivity index (χ3v) is 5.27. The highest BCUT2D eigenvalue weighted by atomic mass is 16.4. The number of carbonyl (C=O) groups is 1. The van der Waals surface area contributed by atoms with Crippen LogP contribution in [0, 0.1) is 0 Å². The maximum absolute atomic E-state index is 11.7. The van der Waals surface area contributed by atoms with Gasteiger partial charge in [0.15, 0.2) is 0 Å². The molecule has 0 aliphatic carbocycles. The Kier molecular flexibility index (Phi) is 5.33. The summed E-state index contributed by atoms with van der Waals surface area (Å²) >= 11 is 0. The van der Waals surface area contributed by atoms with E-state index in [2.05, 4.69) is 34.1 Å². The molecule has 1 aliphatic rings. The Morgan fingerprint density at radius 3 is 2.46 bits per heavy atom. The Morgan fingerprint density at radius 2 is 1.75 bits per heavy atom. The number of benzene rings is 2. The summed E-state index contributed by atoms with van der Waals surface area (Å²) in [6.45, 7) is 0.879. The van der Waals surface area contributed by atoms with E-state index < -0.39 is 5.97 Å². The van der Waals surface area contributed by atoms with E-state index in [0.717, 1.165) is 25.8 Å². The summed E-state index contributed by atoms with van der Waals surface area (Å²) in [5.41, 5.74) is 3.20. The van der Waals surface area contributed by atoms with E-state index in [1.54, 1.807) is 0 Å². The molecule has 2 heterocycles. The fraction of sp³-hybridized carbons (Fsp3) is 0.261. The fourth-order valence-electron chi connectivity index (χ4n) is 3.85. The first-order valence-corrected chi connectivity index (χ1v) is 9.67. The number of hydrogen-bond donors (Lipinski definition) is 1. The molecule has 5 heteroatoms. The van der Waals surface area contributed by atoms with Crippen LogP contribution < -0.4 is 4.90 Å². The highest BCUT2D eigenvalue weighted by Crippen LogP contribution is 2.34. The van der Waals surface area contributed by atoms with Crippen LogP contribution in [0.4, 0.5) is 5.95 Å². The van der Waals surface area contributed by atoms with Gasteiger partial charge in [0.2, 0.25) is 5.95 Å². The molecule has 0 unspecified atom stereocenters. The van der Waals surface area contributed by atoms with Crippen LogP contribution in [-0.4, -0.2) is 27.6 Å². The van der Waals surface area contributed by atoms with Crippen LogP contribution in [0.1, 0.15) is 46.1 Å². The van der Waals surface area contributed by atoms with Gasteiger partial charge in [0.1, 0.15) is 0 Å². The van der Waals surface area contributed by atoms with Gasteiger partial charge in [-0.25, -0.2) is 14.8 Å². The summed E-state index contributed by atoms with van der Waals surface area (Å²) in [6, 6.07) is 20.7. The van der Waals surface area contributed by atoms with Crippen LogP contribution >= 0.6 is 0 Å². The van der Waals surface area contributed by atoms with Gasteiger partial charge in [0, 0.05) is 12.7 Å². The molecule has 1 atom stereocenters. The topological polar surface area (TPSA) is 66.3 Å². The number of aromatic nitrogens is 2. The lowest BCUT2D eigenvalue weighted by Crippen LogP contribution is -2.25. The van der Waals surface area contributed by atoms with Crippen molar-refractivity contribution in [1.29, 1.82) is 0 Å². The zero-order valence-electron chi connectivity index (χ0n) is 15.7. The van der Waals surface area contributed by atoms with Gasteiger partial charge >= 0.3 is 5.97 Å². The van der Waals surface area contributed by atoms with Crippen molar-refractivity contribution in [3.8, 4) is 0 Å². The Hall–Kier alpha value is -3.21. The van der Waals surface area contributed by atoms with Gasteiger partial charge in [-0.05, 0) is 36.8 Å². The van der Waals surface area contributed by atoms with Crippen molar-refractivity contribution in [3.63, 3.8) is 0 Å². The Bertz CT molecular complexity index is 945. The molecule has 0 spiro atoms. The zero-order chi connectivity index (χ0) is 19.3. The molecule has 0 radical (unpaired) electrons. The smallest absolute Gasteiger partial charge is 0.339 e. The van der Waals surface area contributed by atoms with Crippen molar-refractivity contribution in [3.05, 3.63) is 89.2 Å². The van der Waals surface area contributed by atoms with Gasteiger partial charge in [-0.15, -0.1) is 0 Å². The second-order valence-electron chi connectivity index (χ2n) is 7.08. The van der Waals surface area contributed by atoms with Gasteiger partial charge in [-0.3, -0.25) is 0 Å². The van der Waals surface area contributed by atoms with E-state index in [9.17, 15) is 9.90 Å². The predicted molar refractivity (Wildman–Crippen MR) is 109 cm³/mol. The summed E-state index contributed by atoms with van der Waals surface area (Å²) in [6.07, 6.45) is 4.91. The molecule has 5 nitrogen and oxygen atoms in total. The van der Waals surface area contributed by atoms with Gasteiger partial charge in [-0.2, -0.15) is 0 Å². The van der Waals surface area contributed by atoms with Gasteiger partial charge in [0.05, 0.1) is 17.3 Å². The second-order valence-corrected chi connectivity index (χ2v) is 7.08. The van der Waals surface area contributed by atoms with Crippen molar-refractivity contribution in [2.45, 2.75) is 31.7 Å². The number of hydrogen-bond acceptors (Lipinski definition) is 4. The molecular formula is C23H23N3O2. The lowest BCUT2D eigenvalue weighted by Gasteiger charge is -2.25. The molecule has 142 valence electrons. The number of nitrogens with zero attached hydrogens (tertiary/aromatic N) is 3. The van der Waals surface area contributed by atoms with Gasteiger partial charge in [0.25, 0.3) is 0 Å². The van der Waals surface area contributed by atoms with Crippen LogP contribution in [0.15, 0.2) is 66.9 Å². The van der Waals surface area contributed by atoms with E-state index in [1.165, 1.54) is 17.3 Å². The molecule has 0 amide bonds. The van der Waals surface area contributed by atoms with Crippen LogP contribution in [0.25, 0.3) is 0 Å². The van der Waals surface area contributed by atoms with Gasteiger partial charge in [-0.1, -0.05) is 60.7 Å². The SMILES string of the molecule is O=C(O)c1cnc(N2CCC[C@H]2c2ccccc2)nc1CCc1ccccc1. The molecule has 1 aliphatic heterocycles. The second kappa shape index (κ2) is 8.21. The van der Waals surface area contributed by atoms with Crippen molar-refractivity contribution in [2.24, 2.45) is 0 Å². The highest BCUT2D eigenvalue weighted by molar-refractivity contribution is 5.88. The van der Waals surface area contributed by atoms with E-state index in [-0.39, 0.29) is 11.6 Å². The average molecular weight is 373 g/mol. The monoisotopic (exact) mass is 373 g/mol. The number of aryl methyl sites for hydroxylation is 2. The first-order chi connectivity index (χ1) is 13.7. The van der Waals surface area contributed by atoms with Crippen LogP contribution in [0.5, 0.6) is 0 Å². The van der Waals surface area contributed by atoms with Crippen molar-refractivity contribution < 1.29 is 9.90 Å². The van der Waals surface area contributed by atoms with E-state index in [1.807, 2.05) is 36.4 Å². The summed E-state index contributed by atoms with van der Waals surface area (Å²) in [5, 5.41) is 9.56. The van der Waals surface area contributed by atoms with Crippen LogP contribution in [0.3, 0.4) is 0 Å². The molecular weight excluding hydrogens is 350 g/mol. The summed E-state index contributed by atoms with van der Waals surface area (Å²) < 4.78 is 0. The Morgan fingerprint density at radius 1 is 1.04 bits per heavy atom. The third-order valence-electron chi connectivity index (χ3n) is 5.27. The fourth-order valence-corrected chi connectivity index (χ4v) is 3.85. The molecule has 0 saturated carbocycles. The van der Waals surface area contributed by atoms with Crippen molar-refractivity contribution in [2.75, 3.05) is 11.4 Å². The largest absolute Gasteiger partial charge is 0.478 e. The minimum absolute atomic E-state index is 0.190. The molecule has 1 saturated heterocycles. The lowest BCUT2D eigenvalue weighted by molar-refractivity contribution is 0.0694. The lowest BCUT2D eigenvalue weighted by atomic mass is 10.0. The molecule has 28 heavy (non-hydrogen) atoms. The van der Waals surface area contributed by atoms with Crippen LogP contribution in [-0.2, 0) is 12.8 Å². The number of rotatable bonds is 6. The molecule has 3 aromatic rings. The summed E-state index contributed by atoms with van der Waals surface area (Å²) in [5.74, 6) is -0.352. The Balaban J connectivity index is 1.61. The molecule has 1 aromatic heterocycles. The Labute approximate surface area is 164 Å². The predicted octanol–water partition coefficient (Wildman–Crippen LogP) is 4.30. The first kappa shape index (κ1) is 18.2. The normalized spacial score (nSPS) is 16.3. The standard InChI is InChI=1S/C23H23N3O2/c27-22(28)19-16-24-23(25-20(19)14-13-17-8-3-1-4-9-17)26-15-7-12-21(26)18-10-5-2-6-11-18/h1-6,8-11,16,21H,7,12-15H2,(H,27,28)/t21-/m0/s1. The van der Waals surface area contributed by atoms with E-state index in [0.29, 0.717) is 18.1 Å². The van der Waals surface area contributed by atoms with Crippen molar-refractivity contribution >= 4 is 11.9 Å². The minimum atomic E-state index is -0.976. The van der Waals surface area contributed by atoms with Gasteiger partial charge < -0.3 is 10.0 Å². The van der Waals surface area contributed by atoms with E-state index >= 15 is 0 Å². The zero-order valence-corrected chi connectivity index (χ0v) is 15.7. The number of anilines is 1. The molecule has 1 fully saturated rings. The van der Waals surface area contributed by atoms with Crippen LogP contribution in [0.2, 0.25) is 0 Å². The molecule has 2 aromatic carbocycles. The van der Waals surface area contributed by atoms with E-state index in [4.69, 9.17) is 4.98 Å². The molecule has 1 N–H and O–H groups in total.